The lowest BCUT2D eigenvalue weighted by Gasteiger charge is -2.08. The average molecular weight is 363 g/mol. The maximum Gasteiger partial charge on any atom is 0.246 e. The highest BCUT2D eigenvalue weighted by Gasteiger charge is 2.09. The zero-order valence-corrected chi connectivity index (χ0v) is 15.7. The van der Waals surface area contributed by atoms with Crippen molar-refractivity contribution in [2.75, 3.05) is 0 Å². The Labute approximate surface area is 157 Å². The molecular formula is C21H21N3OS. The zero-order chi connectivity index (χ0) is 18.4. The maximum atomic E-state index is 12.2. The molecule has 0 saturated heterocycles. The lowest BCUT2D eigenvalue weighted by atomic mass is 10.0. The van der Waals surface area contributed by atoms with Crippen LogP contribution in [0.1, 0.15) is 27.4 Å². The predicted octanol–water partition coefficient (Wildman–Crippen LogP) is 4.07. The number of rotatable bonds is 6. The van der Waals surface area contributed by atoms with Crippen molar-refractivity contribution < 1.29 is 4.79 Å². The minimum atomic E-state index is -0.156. The molecule has 1 aromatic heterocycles. The molecular weight excluding hydrogens is 342 g/mol. The van der Waals surface area contributed by atoms with E-state index in [9.17, 15) is 4.79 Å². The standard InChI is InChI=1S/C21H21N3OS/c1-15-8-10-18(11-9-15)19(12-17-6-4-3-5-7-17)23-24-20(25)13-21-22-16(2)14-26-21/h3-11,14H,12-13H2,1-2H3,(H,24,25)/b23-19-. The average Bonchev–Trinajstić information content (AvgIpc) is 3.05. The molecule has 26 heavy (non-hydrogen) atoms. The van der Waals surface area contributed by atoms with E-state index in [-0.39, 0.29) is 12.3 Å². The van der Waals surface area contributed by atoms with E-state index in [0.717, 1.165) is 27.5 Å². The molecule has 0 aliphatic heterocycles. The van der Waals surface area contributed by atoms with Crippen molar-refractivity contribution in [3.05, 3.63) is 87.4 Å². The van der Waals surface area contributed by atoms with Gasteiger partial charge in [-0.25, -0.2) is 10.4 Å². The van der Waals surface area contributed by atoms with Gasteiger partial charge in [-0.2, -0.15) is 5.10 Å². The molecule has 1 amide bonds. The van der Waals surface area contributed by atoms with Crippen LogP contribution in [0.2, 0.25) is 0 Å². The van der Waals surface area contributed by atoms with Crippen molar-refractivity contribution in [2.24, 2.45) is 5.10 Å². The summed E-state index contributed by atoms with van der Waals surface area (Å²) in [5.74, 6) is -0.156. The molecule has 3 rings (SSSR count). The molecule has 1 heterocycles. The van der Waals surface area contributed by atoms with Crippen molar-refractivity contribution in [3.63, 3.8) is 0 Å². The van der Waals surface area contributed by atoms with E-state index in [2.05, 4.69) is 46.7 Å². The Bertz CT molecular complexity index is 899. The third kappa shape index (κ3) is 5.10. The van der Waals surface area contributed by atoms with Gasteiger partial charge in [-0.3, -0.25) is 4.79 Å². The number of amides is 1. The molecule has 1 N–H and O–H groups in total. The van der Waals surface area contributed by atoms with Gasteiger partial charge in [0.1, 0.15) is 5.01 Å². The Morgan fingerprint density at radius 3 is 2.42 bits per heavy atom. The summed E-state index contributed by atoms with van der Waals surface area (Å²) in [5.41, 5.74) is 7.80. The SMILES string of the molecule is Cc1ccc(/C(Cc2ccccc2)=N\NC(=O)Cc2nc(C)cs2)cc1. The van der Waals surface area contributed by atoms with Gasteiger partial charge in [-0.1, -0.05) is 60.2 Å². The number of carbonyl (C=O) groups is 1. The van der Waals surface area contributed by atoms with Crippen molar-refractivity contribution in [1.82, 2.24) is 10.4 Å². The van der Waals surface area contributed by atoms with E-state index in [0.29, 0.717) is 6.42 Å². The maximum absolute atomic E-state index is 12.2. The zero-order valence-electron chi connectivity index (χ0n) is 14.9. The van der Waals surface area contributed by atoms with Gasteiger partial charge in [0.15, 0.2) is 0 Å². The molecule has 0 atom stereocenters. The fourth-order valence-corrected chi connectivity index (χ4v) is 3.30. The highest BCUT2D eigenvalue weighted by Crippen LogP contribution is 2.11. The molecule has 2 aromatic carbocycles. The Hall–Kier alpha value is -2.79. The molecule has 0 spiro atoms. The van der Waals surface area contributed by atoms with Crippen LogP contribution in [0.25, 0.3) is 0 Å². The van der Waals surface area contributed by atoms with E-state index in [1.54, 1.807) is 0 Å². The van der Waals surface area contributed by atoms with Crippen LogP contribution < -0.4 is 5.43 Å². The number of nitrogens with one attached hydrogen (secondary N) is 1. The van der Waals surface area contributed by atoms with Crippen LogP contribution in [-0.2, 0) is 17.6 Å². The van der Waals surface area contributed by atoms with Gasteiger partial charge < -0.3 is 0 Å². The first-order chi connectivity index (χ1) is 12.6. The highest BCUT2D eigenvalue weighted by molar-refractivity contribution is 7.09. The Balaban J connectivity index is 1.76. The van der Waals surface area contributed by atoms with Gasteiger partial charge in [0.25, 0.3) is 0 Å². The molecule has 0 saturated carbocycles. The van der Waals surface area contributed by atoms with Crippen LogP contribution in [0.4, 0.5) is 0 Å². The number of aromatic nitrogens is 1. The second-order valence-electron chi connectivity index (χ2n) is 6.18. The van der Waals surface area contributed by atoms with Crippen molar-refractivity contribution >= 4 is 23.0 Å². The summed E-state index contributed by atoms with van der Waals surface area (Å²) in [6.07, 6.45) is 0.898. The Kier molecular flexibility index (Phi) is 5.92. The summed E-state index contributed by atoms with van der Waals surface area (Å²) < 4.78 is 0. The van der Waals surface area contributed by atoms with Crippen molar-refractivity contribution in [3.8, 4) is 0 Å². The topological polar surface area (TPSA) is 54.4 Å². The van der Waals surface area contributed by atoms with E-state index in [4.69, 9.17) is 0 Å². The first kappa shape index (κ1) is 18.0. The summed E-state index contributed by atoms with van der Waals surface area (Å²) in [6.45, 7) is 3.97. The van der Waals surface area contributed by atoms with Gasteiger partial charge >= 0.3 is 0 Å². The molecule has 132 valence electrons. The Morgan fingerprint density at radius 2 is 1.77 bits per heavy atom. The van der Waals surface area contributed by atoms with Gasteiger partial charge in [0.2, 0.25) is 5.91 Å². The molecule has 0 fully saturated rings. The predicted molar refractivity (Wildman–Crippen MR) is 107 cm³/mol. The van der Waals surface area contributed by atoms with Crippen LogP contribution in [0, 0.1) is 13.8 Å². The third-order valence-corrected chi connectivity index (χ3v) is 4.86. The van der Waals surface area contributed by atoms with Crippen LogP contribution in [0.15, 0.2) is 65.1 Å². The van der Waals surface area contributed by atoms with Crippen LogP contribution in [0.5, 0.6) is 0 Å². The summed E-state index contributed by atoms with van der Waals surface area (Å²) in [5, 5.41) is 7.16. The first-order valence-corrected chi connectivity index (χ1v) is 9.35. The lowest BCUT2D eigenvalue weighted by molar-refractivity contribution is -0.120. The van der Waals surface area contributed by atoms with Gasteiger partial charge in [0.05, 0.1) is 12.1 Å². The fraction of sp³-hybridized carbons (Fsp3) is 0.190. The summed E-state index contributed by atoms with van der Waals surface area (Å²) in [4.78, 5) is 16.5. The molecule has 5 heteroatoms. The minimum absolute atomic E-state index is 0.156. The fourth-order valence-electron chi connectivity index (χ4n) is 2.53. The number of carbonyl (C=O) groups excluding carboxylic acids is 1. The van der Waals surface area contributed by atoms with Gasteiger partial charge in [0, 0.05) is 17.5 Å². The largest absolute Gasteiger partial charge is 0.273 e. The highest BCUT2D eigenvalue weighted by atomic mass is 32.1. The minimum Gasteiger partial charge on any atom is -0.273 e. The second kappa shape index (κ2) is 8.54. The monoisotopic (exact) mass is 363 g/mol. The van der Waals surface area contributed by atoms with E-state index in [1.165, 1.54) is 16.9 Å². The first-order valence-electron chi connectivity index (χ1n) is 8.47. The normalized spacial score (nSPS) is 11.4. The number of nitrogens with zero attached hydrogens (tertiary/aromatic N) is 2. The lowest BCUT2D eigenvalue weighted by Crippen LogP contribution is -2.22. The van der Waals surface area contributed by atoms with Crippen LogP contribution in [-0.4, -0.2) is 16.6 Å². The second-order valence-corrected chi connectivity index (χ2v) is 7.12. The summed E-state index contributed by atoms with van der Waals surface area (Å²) in [7, 11) is 0. The number of hydrogen-bond acceptors (Lipinski definition) is 4. The molecule has 0 aliphatic carbocycles. The number of benzene rings is 2. The molecule has 0 radical (unpaired) electrons. The smallest absolute Gasteiger partial charge is 0.246 e. The van der Waals surface area contributed by atoms with E-state index >= 15 is 0 Å². The molecule has 0 aliphatic rings. The summed E-state index contributed by atoms with van der Waals surface area (Å²) >= 11 is 1.49. The molecule has 4 nitrogen and oxygen atoms in total. The van der Waals surface area contributed by atoms with Crippen LogP contribution >= 0.6 is 11.3 Å². The van der Waals surface area contributed by atoms with Crippen molar-refractivity contribution in [1.29, 1.82) is 0 Å². The van der Waals surface area contributed by atoms with E-state index in [1.807, 2.05) is 42.6 Å². The number of hydrogen-bond donors (Lipinski definition) is 1. The summed E-state index contributed by atoms with van der Waals surface area (Å²) in [6, 6.07) is 18.3. The quantitative estimate of drug-likeness (QED) is 0.530. The number of hydrazone groups is 1. The molecule has 0 unspecified atom stereocenters. The van der Waals surface area contributed by atoms with Gasteiger partial charge in [-0.15, -0.1) is 11.3 Å². The number of aryl methyl sites for hydroxylation is 2. The van der Waals surface area contributed by atoms with Gasteiger partial charge in [-0.05, 0) is 25.0 Å². The molecule has 3 aromatic rings. The Morgan fingerprint density at radius 1 is 1.04 bits per heavy atom. The van der Waals surface area contributed by atoms with Crippen LogP contribution in [0.3, 0.4) is 0 Å². The molecule has 0 bridgehead atoms. The third-order valence-electron chi connectivity index (χ3n) is 3.89. The number of thiazole rings is 1. The van der Waals surface area contributed by atoms with Crippen molar-refractivity contribution in [2.45, 2.75) is 26.7 Å². The van der Waals surface area contributed by atoms with E-state index < -0.39 is 0 Å².